The third-order valence-electron chi connectivity index (χ3n) is 4.15. The lowest BCUT2D eigenvalue weighted by atomic mass is 10.3. The minimum absolute atomic E-state index is 0.231. The zero-order valence-corrected chi connectivity index (χ0v) is 17.0. The van der Waals surface area contributed by atoms with Crippen molar-refractivity contribution < 1.29 is 13.9 Å². The molecule has 30 heavy (non-hydrogen) atoms. The molecule has 0 aliphatic rings. The van der Waals surface area contributed by atoms with Crippen molar-refractivity contribution in [1.29, 1.82) is 0 Å². The highest BCUT2D eigenvalue weighted by atomic mass is 19.1. The van der Waals surface area contributed by atoms with Crippen LogP contribution in [0, 0.1) is 5.82 Å². The Bertz CT molecular complexity index is 1000. The summed E-state index contributed by atoms with van der Waals surface area (Å²) in [6.07, 6.45) is 1.88. The van der Waals surface area contributed by atoms with E-state index < -0.39 is 5.82 Å². The standard InChI is InChI=1S/C23H23FN4O2/c1-3-4-15-30-23-14-11-20(16-22(23)24)28-27-18-7-5-17(6-8-18)25-26-19-9-12-21(29-2)13-10-19/h5-14,16H,3-4,15H2,1-2H3. The largest absolute Gasteiger partial charge is 0.497 e. The van der Waals surface area contributed by atoms with Gasteiger partial charge in [0.25, 0.3) is 0 Å². The minimum atomic E-state index is -0.447. The third kappa shape index (κ3) is 6.20. The summed E-state index contributed by atoms with van der Waals surface area (Å²) < 4.78 is 24.6. The van der Waals surface area contributed by atoms with Crippen LogP contribution in [0.3, 0.4) is 0 Å². The predicted molar refractivity (Wildman–Crippen MR) is 115 cm³/mol. The maximum absolute atomic E-state index is 14.1. The minimum Gasteiger partial charge on any atom is -0.497 e. The first-order chi connectivity index (χ1) is 14.7. The monoisotopic (exact) mass is 406 g/mol. The third-order valence-corrected chi connectivity index (χ3v) is 4.15. The summed E-state index contributed by atoms with van der Waals surface area (Å²) in [6, 6.07) is 19.0. The number of benzene rings is 3. The molecule has 0 aliphatic carbocycles. The molecule has 7 heteroatoms. The summed E-state index contributed by atoms with van der Waals surface area (Å²) in [5.74, 6) is 0.549. The van der Waals surface area contributed by atoms with Crippen molar-refractivity contribution in [1.82, 2.24) is 0 Å². The zero-order valence-electron chi connectivity index (χ0n) is 17.0. The van der Waals surface area contributed by atoms with Crippen LogP contribution in [-0.4, -0.2) is 13.7 Å². The van der Waals surface area contributed by atoms with Crippen LogP contribution in [0.4, 0.5) is 27.1 Å². The Labute approximate surface area is 175 Å². The number of hydrogen-bond acceptors (Lipinski definition) is 6. The highest BCUT2D eigenvalue weighted by Crippen LogP contribution is 2.26. The molecule has 0 atom stereocenters. The van der Waals surface area contributed by atoms with Gasteiger partial charge in [-0.05, 0) is 67.1 Å². The second-order valence-corrected chi connectivity index (χ2v) is 6.43. The van der Waals surface area contributed by atoms with E-state index in [1.165, 1.54) is 6.07 Å². The number of ether oxygens (including phenoxy) is 2. The molecule has 0 heterocycles. The molecule has 3 aromatic carbocycles. The van der Waals surface area contributed by atoms with E-state index in [2.05, 4.69) is 27.4 Å². The number of nitrogens with zero attached hydrogens (tertiary/aromatic N) is 4. The number of azo groups is 2. The summed E-state index contributed by atoms with van der Waals surface area (Å²) in [5, 5.41) is 16.6. The molecule has 3 aromatic rings. The van der Waals surface area contributed by atoms with Crippen molar-refractivity contribution in [2.45, 2.75) is 19.8 Å². The van der Waals surface area contributed by atoms with E-state index >= 15 is 0 Å². The van der Waals surface area contributed by atoms with Gasteiger partial charge in [-0.3, -0.25) is 0 Å². The first-order valence-electron chi connectivity index (χ1n) is 9.68. The topological polar surface area (TPSA) is 67.9 Å². The normalized spacial score (nSPS) is 11.3. The first-order valence-corrected chi connectivity index (χ1v) is 9.68. The van der Waals surface area contributed by atoms with Gasteiger partial charge in [-0.1, -0.05) is 13.3 Å². The molecule has 3 rings (SSSR count). The van der Waals surface area contributed by atoms with Crippen molar-refractivity contribution in [2.24, 2.45) is 20.5 Å². The van der Waals surface area contributed by atoms with Gasteiger partial charge in [0, 0.05) is 6.07 Å². The van der Waals surface area contributed by atoms with Gasteiger partial charge in [0.15, 0.2) is 11.6 Å². The van der Waals surface area contributed by atoms with Gasteiger partial charge in [0.05, 0.1) is 36.5 Å². The average molecular weight is 406 g/mol. The molecule has 0 spiro atoms. The van der Waals surface area contributed by atoms with E-state index in [1.807, 2.05) is 24.3 Å². The van der Waals surface area contributed by atoms with Gasteiger partial charge >= 0.3 is 0 Å². The molecule has 0 bridgehead atoms. The summed E-state index contributed by atoms with van der Waals surface area (Å²) in [7, 11) is 1.62. The molecule has 0 fully saturated rings. The number of methoxy groups -OCH3 is 1. The van der Waals surface area contributed by atoms with Crippen molar-refractivity contribution in [2.75, 3.05) is 13.7 Å². The van der Waals surface area contributed by atoms with Crippen LogP contribution in [0.2, 0.25) is 0 Å². The zero-order chi connectivity index (χ0) is 21.2. The lowest BCUT2D eigenvalue weighted by Crippen LogP contribution is -1.98. The second-order valence-electron chi connectivity index (χ2n) is 6.43. The molecular weight excluding hydrogens is 383 g/mol. The summed E-state index contributed by atoms with van der Waals surface area (Å²) >= 11 is 0. The lowest BCUT2D eigenvalue weighted by Gasteiger charge is -2.06. The Kier molecular flexibility index (Phi) is 7.60. The molecule has 0 aromatic heterocycles. The second kappa shape index (κ2) is 10.8. The summed E-state index contributed by atoms with van der Waals surface area (Å²) in [5.41, 5.74) is 2.45. The lowest BCUT2D eigenvalue weighted by molar-refractivity contribution is 0.294. The number of rotatable bonds is 9. The van der Waals surface area contributed by atoms with Gasteiger partial charge in [-0.15, -0.1) is 0 Å². The number of halogens is 1. The predicted octanol–water partition coefficient (Wildman–Crippen LogP) is 7.84. The van der Waals surface area contributed by atoms with Crippen LogP contribution in [0.25, 0.3) is 0 Å². The Morgan fingerprint density at radius 1 is 0.733 bits per heavy atom. The molecule has 0 radical (unpaired) electrons. The highest BCUT2D eigenvalue weighted by molar-refractivity contribution is 5.49. The molecule has 6 nitrogen and oxygen atoms in total. The van der Waals surface area contributed by atoms with Crippen molar-refractivity contribution in [3.05, 3.63) is 72.5 Å². The molecule has 0 unspecified atom stereocenters. The maximum Gasteiger partial charge on any atom is 0.167 e. The van der Waals surface area contributed by atoms with Crippen LogP contribution in [0.15, 0.2) is 87.2 Å². The van der Waals surface area contributed by atoms with E-state index in [0.29, 0.717) is 23.7 Å². The Balaban J connectivity index is 1.60. The van der Waals surface area contributed by atoms with Gasteiger partial charge < -0.3 is 9.47 Å². The summed E-state index contributed by atoms with van der Waals surface area (Å²) in [4.78, 5) is 0. The van der Waals surface area contributed by atoms with Gasteiger partial charge in [0.2, 0.25) is 0 Å². The van der Waals surface area contributed by atoms with E-state index in [0.717, 1.165) is 24.3 Å². The van der Waals surface area contributed by atoms with Gasteiger partial charge in [0.1, 0.15) is 5.75 Å². The van der Waals surface area contributed by atoms with E-state index in [9.17, 15) is 4.39 Å². The number of hydrogen-bond donors (Lipinski definition) is 0. The van der Waals surface area contributed by atoms with Gasteiger partial charge in [-0.25, -0.2) is 4.39 Å². The number of unbranched alkanes of at least 4 members (excludes halogenated alkanes) is 1. The SMILES string of the molecule is CCCCOc1ccc(N=Nc2ccc(N=Nc3ccc(OC)cc3)cc2)cc1F. The summed E-state index contributed by atoms with van der Waals surface area (Å²) in [6.45, 7) is 2.55. The Hall–Kier alpha value is -3.61. The van der Waals surface area contributed by atoms with Crippen molar-refractivity contribution in [3.63, 3.8) is 0 Å². The molecule has 0 saturated heterocycles. The fourth-order valence-corrected chi connectivity index (χ4v) is 2.46. The van der Waals surface area contributed by atoms with Gasteiger partial charge in [-0.2, -0.15) is 20.5 Å². The van der Waals surface area contributed by atoms with Crippen LogP contribution in [0.1, 0.15) is 19.8 Å². The molecule has 0 N–H and O–H groups in total. The van der Waals surface area contributed by atoms with Crippen LogP contribution in [-0.2, 0) is 0 Å². The van der Waals surface area contributed by atoms with E-state index in [1.54, 1.807) is 43.5 Å². The van der Waals surface area contributed by atoms with Crippen molar-refractivity contribution in [3.8, 4) is 11.5 Å². The molecule has 0 saturated carbocycles. The molecule has 154 valence electrons. The Morgan fingerprint density at radius 2 is 1.23 bits per heavy atom. The van der Waals surface area contributed by atoms with Crippen LogP contribution >= 0.6 is 0 Å². The van der Waals surface area contributed by atoms with Crippen molar-refractivity contribution >= 4 is 22.7 Å². The van der Waals surface area contributed by atoms with Crippen LogP contribution < -0.4 is 9.47 Å². The van der Waals surface area contributed by atoms with Crippen LogP contribution in [0.5, 0.6) is 11.5 Å². The van der Waals surface area contributed by atoms with E-state index in [-0.39, 0.29) is 5.75 Å². The highest BCUT2D eigenvalue weighted by Gasteiger charge is 2.04. The smallest absolute Gasteiger partial charge is 0.167 e. The quantitative estimate of drug-likeness (QED) is 0.268. The van der Waals surface area contributed by atoms with E-state index in [4.69, 9.17) is 9.47 Å². The molecule has 0 amide bonds. The Morgan fingerprint density at radius 3 is 1.73 bits per heavy atom. The molecular formula is C23H23FN4O2. The average Bonchev–Trinajstić information content (AvgIpc) is 2.79. The fraction of sp³-hybridized carbons (Fsp3) is 0.217. The molecule has 0 aliphatic heterocycles. The first kappa shape index (κ1) is 21.1. The fourth-order valence-electron chi connectivity index (χ4n) is 2.46. The maximum atomic E-state index is 14.1.